The third-order valence-electron chi connectivity index (χ3n) is 2.65. The maximum Gasteiger partial charge on any atom is 0.191 e. The summed E-state index contributed by atoms with van der Waals surface area (Å²) in [6, 6.07) is 7.64. The minimum absolute atomic E-state index is 0.121. The average Bonchev–Trinajstić information content (AvgIpc) is 2.65. The number of hydrogen-bond donors (Lipinski definition) is 0. The second-order valence-electron chi connectivity index (χ2n) is 3.88. The van der Waals surface area contributed by atoms with Crippen LogP contribution in [0.15, 0.2) is 24.3 Å². The van der Waals surface area contributed by atoms with Crippen LogP contribution in [0.5, 0.6) is 0 Å². The summed E-state index contributed by atoms with van der Waals surface area (Å²) in [5.41, 5.74) is 0.759. The highest BCUT2D eigenvalue weighted by atomic mass is 127. The molecule has 0 saturated carbocycles. The molecule has 1 aliphatic rings. The molecule has 15 heavy (non-hydrogen) atoms. The molecular formula is C12H13IO2. The number of benzene rings is 1. The van der Waals surface area contributed by atoms with Crippen molar-refractivity contribution < 1.29 is 9.53 Å². The summed E-state index contributed by atoms with van der Waals surface area (Å²) in [7, 11) is 0. The first-order valence-electron chi connectivity index (χ1n) is 5.12. The molecule has 1 aromatic carbocycles. The Hall–Kier alpha value is -0.420. The lowest BCUT2D eigenvalue weighted by Crippen LogP contribution is -2.20. The molecule has 1 aromatic rings. The smallest absolute Gasteiger partial charge is 0.191 e. The molecule has 0 radical (unpaired) electrons. The van der Waals surface area contributed by atoms with Crippen LogP contribution in [-0.4, -0.2) is 18.0 Å². The number of hydrogen-bond acceptors (Lipinski definition) is 2. The third-order valence-corrected chi connectivity index (χ3v) is 3.37. The Morgan fingerprint density at radius 1 is 1.33 bits per heavy atom. The van der Waals surface area contributed by atoms with Crippen molar-refractivity contribution in [1.29, 1.82) is 0 Å². The molecule has 2 rings (SSSR count). The number of Topliss-reactive ketones (excluding diaryl/α,β-unsaturated/α-hetero) is 1. The molecule has 1 saturated heterocycles. The summed E-state index contributed by atoms with van der Waals surface area (Å²) in [6.45, 7) is 2.02. The summed E-state index contributed by atoms with van der Waals surface area (Å²) in [5, 5.41) is 0. The number of rotatable bonds is 2. The first-order valence-corrected chi connectivity index (χ1v) is 6.20. The second-order valence-corrected chi connectivity index (χ2v) is 5.13. The van der Waals surface area contributed by atoms with E-state index in [-0.39, 0.29) is 18.0 Å². The molecule has 2 atom stereocenters. The molecule has 0 N–H and O–H groups in total. The van der Waals surface area contributed by atoms with Gasteiger partial charge in [-0.05, 0) is 54.5 Å². The molecule has 0 amide bonds. The maximum atomic E-state index is 12.0. The topological polar surface area (TPSA) is 26.3 Å². The summed E-state index contributed by atoms with van der Waals surface area (Å²) in [6.07, 6.45) is 1.84. The number of carbonyl (C=O) groups excluding carboxylic acids is 1. The standard InChI is InChI=1S/C12H13IO2/c1-8-2-7-11(15-8)12(14)9-3-5-10(13)6-4-9/h3-6,8,11H,2,7H2,1H3. The zero-order valence-corrected chi connectivity index (χ0v) is 10.7. The molecule has 3 heteroatoms. The Kier molecular flexibility index (Phi) is 3.41. The van der Waals surface area contributed by atoms with E-state index < -0.39 is 0 Å². The van der Waals surface area contributed by atoms with Gasteiger partial charge in [0.1, 0.15) is 6.10 Å². The van der Waals surface area contributed by atoms with Gasteiger partial charge in [-0.3, -0.25) is 4.79 Å². The van der Waals surface area contributed by atoms with Crippen molar-refractivity contribution in [3.63, 3.8) is 0 Å². The third kappa shape index (κ3) is 2.58. The van der Waals surface area contributed by atoms with E-state index >= 15 is 0 Å². The number of carbonyl (C=O) groups is 1. The van der Waals surface area contributed by atoms with E-state index in [4.69, 9.17) is 4.74 Å². The van der Waals surface area contributed by atoms with Crippen molar-refractivity contribution in [3.05, 3.63) is 33.4 Å². The summed E-state index contributed by atoms with van der Waals surface area (Å²) < 4.78 is 6.70. The van der Waals surface area contributed by atoms with Crippen LogP contribution in [0, 0.1) is 3.57 Å². The van der Waals surface area contributed by atoms with Gasteiger partial charge in [0.05, 0.1) is 6.10 Å². The highest BCUT2D eigenvalue weighted by molar-refractivity contribution is 14.1. The molecule has 80 valence electrons. The Balaban J connectivity index is 2.11. The Morgan fingerprint density at radius 3 is 2.53 bits per heavy atom. The second kappa shape index (κ2) is 4.61. The van der Waals surface area contributed by atoms with Crippen LogP contribution in [-0.2, 0) is 4.74 Å². The quantitative estimate of drug-likeness (QED) is 0.619. The van der Waals surface area contributed by atoms with Crippen molar-refractivity contribution in [2.45, 2.75) is 32.0 Å². The number of halogens is 1. The fraction of sp³-hybridized carbons (Fsp3) is 0.417. The zero-order chi connectivity index (χ0) is 10.8. The monoisotopic (exact) mass is 316 g/mol. The van der Waals surface area contributed by atoms with Crippen molar-refractivity contribution in [1.82, 2.24) is 0 Å². The maximum absolute atomic E-state index is 12.0. The van der Waals surface area contributed by atoms with Crippen molar-refractivity contribution in [2.75, 3.05) is 0 Å². The van der Waals surface area contributed by atoms with Gasteiger partial charge in [0.15, 0.2) is 5.78 Å². The molecular weight excluding hydrogens is 303 g/mol. The average molecular weight is 316 g/mol. The van der Waals surface area contributed by atoms with Gasteiger partial charge >= 0.3 is 0 Å². The first kappa shape index (κ1) is 11.1. The van der Waals surface area contributed by atoms with E-state index in [1.54, 1.807) is 0 Å². The van der Waals surface area contributed by atoms with E-state index in [1.807, 2.05) is 31.2 Å². The minimum atomic E-state index is -0.222. The van der Waals surface area contributed by atoms with Gasteiger partial charge in [0.25, 0.3) is 0 Å². The van der Waals surface area contributed by atoms with Crippen LogP contribution in [0.4, 0.5) is 0 Å². The highest BCUT2D eigenvalue weighted by Crippen LogP contribution is 2.22. The van der Waals surface area contributed by atoms with Crippen LogP contribution in [0.1, 0.15) is 30.1 Å². The molecule has 1 fully saturated rings. The fourth-order valence-electron chi connectivity index (χ4n) is 1.80. The van der Waals surface area contributed by atoms with Crippen LogP contribution < -0.4 is 0 Å². The molecule has 0 aliphatic carbocycles. The minimum Gasteiger partial charge on any atom is -0.367 e. The van der Waals surface area contributed by atoms with Gasteiger partial charge in [-0.15, -0.1) is 0 Å². The lowest BCUT2D eigenvalue weighted by atomic mass is 10.0. The zero-order valence-electron chi connectivity index (χ0n) is 8.57. The Labute approximate surface area is 103 Å². The largest absolute Gasteiger partial charge is 0.367 e. The molecule has 0 bridgehead atoms. The van der Waals surface area contributed by atoms with E-state index in [0.717, 1.165) is 22.0 Å². The van der Waals surface area contributed by atoms with Gasteiger partial charge in [-0.2, -0.15) is 0 Å². The molecule has 1 aliphatic heterocycles. The van der Waals surface area contributed by atoms with Crippen molar-refractivity contribution in [3.8, 4) is 0 Å². The fourth-order valence-corrected chi connectivity index (χ4v) is 2.16. The first-order chi connectivity index (χ1) is 7.16. The van der Waals surface area contributed by atoms with Gasteiger partial charge < -0.3 is 4.74 Å². The van der Waals surface area contributed by atoms with Gasteiger partial charge in [0.2, 0.25) is 0 Å². The molecule has 1 heterocycles. The predicted octanol–water partition coefficient (Wildman–Crippen LogP) is 3.04. The van der Waals surface area contributed by atoms with Gasteiger partial charge in [-0.25, -0.2) is 0 Å². The van der Waals surface area contributed by atoms with E-state index in [1.165, 1.54) is 0 Å². The van der Waals surface area contributed by atoms with E-state index in [0.29, 0.717) is 0 Å². The molecule has 0 spiro atoms. The highest BCUT2D eigenvalue weighted by Gasteiger charge is 2.28. The lowest BCUT2D eigenvalue weighted by molar-refractivity contribution is 0.0433. The van der Waals surface area contributed by atoms with Gasteiger partial charge in [-0.1, -0.05) is 12.1 Å². The van der Waals surface area contributed by atoms with Crippen LogP contribution in [0.25, 0.3) is 0 Å². The van der Waals surface area contributed by atoms with Crippen molar-refractivity contribution in [2.24, 2.45) is 0 Å². The van der Waals surface area contributed by atoms with Crippen LogP contribution in [0.3, 0.4) is 0 Å². The molecule has 2 nitrogen and oxygen atoms in total. The Morgan fingerprint density at radius 2 is 2.00 bits per heavy atom. The van der Waals surface area contributed by atoms with Gasteiger partial charge in [0, 0.05) is 9.13 Å². The van der Waals surface area contributed by atoms with Crippen LogP contribution in [0.2, 0.25) is 0 Å². The normalized spacial score (nSPS) is 25.5. The Bertz CT molecular complexity index is 358. The summed E-state index contributed by atoms with van der Waals surface area (Å²) >= 11 is 2.23. The van der Waals surface area contributed by atoms with Crippen molar-refractivity contribution >= 4 is 28.4 Å². The molecule has 0 aromatic heterocycles. The van der Waals surface area contributed by atoms with Crippen LogP contribution >= 0.6 is 22.6 Å². The van der Waals surface area contributed by atoms with E-state index in [9.17, 15) is 4.79 Å². The molecule has 2 unspecified atom stereocenters. The number of ketones is 1. The number of ether oxygens (including phenoxy) is 1. The lowest BCUT2D eigenvalue weighted by Gasteiger charge is -2.09. The SMILES string of the molecule is CC1CCC(C(=O)c2ccc(I)cc2)O1. The summed E-state index contributed by atoms with van der Waals surface area (Å²) in [4.78, 5) is 12.0. The predicted molar refractivity (Wildman–Crippen MR) is 67.1 cm³/mol. The van der Waals surface area contributed by atoms with E-state index in [2.05, 4.69) is 22.6 Å². The summed E-state index contributed by atoms with van der Waals surface area (Å²) in [5.74, 6) is 0.121.